The van der Waals surface area contributed by atoms with Gasteiger partial charge in [0.25, 0.3) is 11.6 Å². The molecule has 0 unspecified atom stereocenters. The van der Waals surface area contributed by atoms with Crippen molar-refractivity contribution in [1.29, 1.82) is 0 Å². The normalized spacial score (nSPS) is 11.2. The maximum absolute atomic E-state index is 12.5. The molecule has 1 amide bonds. The van der Waals surface area contributed by atoms with Crippen molar-refractivity contribution in [2.24, 2.45) is 0 Å². The second kappa shape index (κ2) is 9.40. The van der Waals surface area contributed by atoms with Crippen LogP contribution >= 0.6 is 0 Å². The molecule has 154 valence electrons. The van der Waals surface area contributed by atoms with Crippen molar-refractivity contribution in [3.05, 3.63) is 52.1 Å². The molecule has 0 heterocycles. The number of amides is 1. The molecule has 0 radical (unpaired) electrons. The van der Waals surface area contributed by atoms with Gasteiger partial charge in [0.05, 0.1) is 37.5 Å². The van der Waals surface area contributed by atoms with Gasteiger partial charge < -0.3 is 24.3 Å². The molecule has 2 aromatic rings. The topological polar surface area (TPSA) is 126 Å². The van der Waals surface area contributed by atoms with Gasteiger partial charge in [-0.15, -0.1) is 0 Å². The number of ether oxygens (including phenoxy) is 4. The molecular weight excluding hydrogens is 384 g/mol. The third-order valence-corrected chi connectivity index (χ3v) is 3.91. The minimum absolute atomic E-state index is 0.134. The Balaban J connectivity index is 2.18. The highest BCUT2D eigenvalue weighted by Gasteiger charge is 2.21. The van der Waals surface area contributed by atoms with E-state index in [1.165, 1.54) is 64.7 Å². The molecule has 29 heavy (non-hydrogen) atoms. The van der Waals surface area contributed by atoms with E-state index in [9.17, 15) is 19.7 Å². The van der Waals surface area contributed by atoms with Crippen LogP contribution in [0.2, 0.25) is 0 Å². The van der Waals surface area contributed by atoms with E-state index in [1.54, 1.807) is 0 Å². The zero-order valence-corrected chi connectivity index (χ0v) is 16.3. The largest absolute Gasteiger partial charge is 0.495 e. The summed E-state index contributed by atoms with van der Waals surface area (Å²) in [6, 6.07) is 8.21. The minimum atomic E-state index is -0.989. The number of benzene rings is 2. The lowest BCUT2D eigenvalue weighted by Gasteiger charge is -2.18. The summed E-state index contributed by atoms with van der Waals surface area (Å²) in [4.78, 5) is 34.5. The number of non-ortho nitro benzene ring substituents is 1. The lowest BCUT2D eigenvalue weighted by Crippen LogP contribution is -2.30. The molecule has 0 bridgehead atoms. The van der Waals surface area contributed by atoms with Crippen molar-refractivity contribution in [2.75, 3.05) is 26.6 Å². The van der Waals surface area contributed by atoms with E-state index in [4.69, 9.17) is 14.2 Å². The van der Waals surface area contributed by atoms with E-state index in [0.717, 1.165) is 0 Å². The van der Waals surface area contributed by atoms with Gasteiger partial charge in [-0.3, -0.25) is 14.9 Å². The number of carbonyl (C=O) groups excluding carboxylic acids is 2. The first-order valence-corrected chi connectivity index (χ1v) is 8.37. The van der Waals surface area contributed by atoms with Crippen molar-refractivity contribution in [3.63, 3.8) is 0 Å². The van der Waals surface area contributed by atoms with E-state index in [1.807, 2.05) is 0 Å². The first-order chi connectivity index (χ1) is 13.8. The number of hydrogen-bond donors (Lipinski definition) is 1. The van der Waals surface area contributed by atoms with Crippen LogP contribution in [0.25, 0.3) is 0 Å². The lowest BCUT2D eigenvalue weighted by molar-refractivity contribution is -0.384. The maximum atomic E-state index is 12.5. The van der Waals surface area contributed by atoms with Crippen molar-refractivity contribution < 1.29 is 33.5 Å². The molecule has 0 spiro atoms. The summed E-state index contributed by atoms with van der Waals surface area (Å²) >= 11 is 0. The second-order valence-electron chi connectivity index (χ2n) is 5.75. The predicted octanol–water partition coefficient (Wildman–Crippen LogP) is 2.80. The van der Waals surface area contributed by atoms with Crippen molar-refractivity contribution in [3.8, 4) is 17.2 Å². The molecule has 10 heteroatoms. The Bertz CT molecular complexity index is 928. The third-order valence-electron chi connectivity index (χ3n) is 3.91. The molecule has 0 saturated heterocycles. The summed E-state index contributed by atoms with van der Waals surface area (Å²) in [5, 5.41) is 13.5. The smallest absolute Gasteiger partial charge is 0.337 e. The Hall–Kier alpha value is -3.82. The number of esters is 1. The summed E-state index contributed by atoms with van der Waals surface area (Å²) in [7, 11) is 4.03. The summed E-state index contributed by atoms with van der Waals surface area (Å²) in [6.07, 6.45) is -0.989. The summed E-state index contributed by atoms with van der Waals surface area (Å²) in [5.41, 5.74) is 0.194. The lowest BCUT2D eigenvalue weighted by atomic mass is 10.2. The predicted molar refractivity (Wildman–Crippen MR) is 103 cm³/mol. The van der Waals surface area contributed by atoms with Crippen LogP contribution in [-0.4, -0.2) is 44.2 Å². The van der Waals surface area contributed by atoms with Gasteiger partial charge in [-0.1, -0.05) is 0 Å². The minimum Gasteiger partial charge on any atom is -0.495 e. The van der Waals surface area contributed by atoms with Gasteiger partial charge in [-0.25, -0.2) is 4.79 Å². The number of nitrogens with one attached hydrogen (secondary N) is 1. The van der Waals surface area contributed by atoms with Gasteiger partial charge in [0, 0.05) is 12.1 Å². The van der Waals surface area contributed by atoms with E-state index in [2.05, 4.69) is 10.1 Å². The second-order valence-corrected chi connectivity index (χ2v) is 5.75. The maximum Gasteiger partial charge on any atom is 0.337 e. The van der Waals surface area contributed by atoms with E-state index in [-0.39, 0.29) is 34.2 Å². The highest BCUT2D eigenvalue weighted by atomic mass is 16.6. The number of nitro benzene ring substituents is 1. The standard InChI is InChI=1S/C19H20N2O8/c1-11(29-16-7-5-12(19(23)28-4)9-17(16)27-3)18(22)20-14-10-13(21(24)25)6-8-15(14)26-2/h5-11H,1-4H3,(H,20,22)/t11-/m1/s1. The van der Waals surface area contributed by atoms with Crippen LogP contribution < -0.4 is 19.5 Å². The molecule has 0 aliphatic rings. The molecule has 2 aromatic carbocycles. The SMILES string of the molecule is COC(=O)c1ccc(O[C@H](C)C(=O)Nc2cc([N+](=O)[O-])ccc2OC)c(OC)c1. The van der Waals surface area contributed by atoms with Crippen LogP contribution in [0.15, 0.2) is 36.4 Å². The van der Waals surface area contributed by atoms with Crippen LogP contribution in [0.3, 0.4) is 0 Å². The van der Waals surface area contributed by atoms with Gasteiger partial charge in [0.15, 0.2) is 17.6 Å². The molecule has 2 rings (SSSR count). The zero-order valence-electron chi connectivity index (χ0n) is 16.3. The monoisotopic (exact) mass is 404 g/mol. The van der Waals surface area contributed by atoms with Crippen LogP contribution in [0.5, 0.6) is 17.2 Å². The summed E-state index contributed by atoms with van der Waals surface area (Å²) in [5.74, 6) is -0.383. The van der Waals surface area contributed by atoms with Gasteiger partial charge in [-0.2, -0.15) is 0 Å². The number of nitro groups is 1. The van der Waals surface area contributed by atoms with Gasteiger partial charge >= 0.3 is 5.97 Å². The Labute approximate surface area is 166 Å². The van der Waals surface area contributed by atoms with E-state index in [0.29, 0.717) is 0 Å². The van der Waals surface area contributed by atoms with Crippen LogP contribution in [0.4, 0.5) is 11.4 Å². The highest BCUT2D eigenvalue weighted by molar-refractivity contribution is 5.96. The van der Waals surface area contributed by atoms with Crippen molar-refractivity contribution in [2.45, 2.75) is 13.0 Å². The quantitative estimate of drug-likeness (QED) is 0.404. The first-order valence-electron chi connectivity index (χ1n) is 8.37. The average Bonchev–Trinajstić information content (AvgIpc) is 2.73. The molecular formula is C19H20N2O8. The van der Waals surface area contributed by atoms with Crippen molar-refractivity contribution in [1.82, 2.24) is 0 Å². The van der Waals surface area contributed by atoms with E-state index >= 15 is 0 Å². The molecule has 0 aliphatic carbocycles. The molecule has 0 aliphatic heterocycles. The number of methoxy groups -OCH3 is 3. The van der Waals surface area contributed by atoms with Gasteiger partial charge in [0.1, 0.15) is 5.75 Å². The number of carbonyl (C=O) groups is 2. The Kier molecular flexibility index (Phi) is 6.96. The highest BCUT2D eigenvalue weighted by Crippen LogP contribution is 2.31. The number of anilines is 1. The first kappa shape index (κ1) is 21.5. The number of nitrogens with zero attached hydrogens (tertiary/aromatic N) is 1. The molecule has 0 aromatic heterocycles. The summed E-state index contributed by atoms with van der Waals surface area (Å²) < 4.78 is 20.6. The number of rotatable bonds is 8. The van der Waals surface area contributed by atoms with Gasteiger partial charge in [0.2, 0.25) is 0 Å². The molecule has 10 nitrogen and oxygen atoms in total. The zero-order chi connectivity index (χ0) is 21.6. The van der Waals surface area contributed by atoms with E-state index < -0.39 is 22.9 Å². The fourth-order valence-electron chi connectivity index (χ4n) is 2.40. The number of hydrogen-bond acceptors (Lipinski definition) is 8. The Morgan fingerprint density at radius 2 is 1.66 bits per heavy atom. The van der Waals surface area contributed by atoms with Crippen LogP contribution in [-0.2, 0) is 9.53 Å². The van der Waals surface area contributed by atoms with Crippen LogP contribution in [0, 0.1) is 10.1 Å². The molecule has 1 atom stereocenters. The van der Waals surface area contributed by atoms with Gasteiger partial charge in [-0.05, 0) is 31.2 Å². The Morgan fingerprint density at radius 3 is 2.24 bits per heavy atom. The molecule has 0 fully saturated rings. The molecule has 0 saturated carbocycles. The van der Waals surface area contributed by atoms with Crippen LogP contribution in [0.1, 0.15) is 17.3 Å². The van der Waals surface area contributed by atoms with Crippen molar-refractivity contribution >= 4 is 23.3 Å². The fraction of sp³-hybridized carbons (Fsp3) is 0.263. The molecule has 1 N–H and O–H groups in total. The fourth-order valence-corrected chi connectivity index (χ4v) is 2.40. The Morgan fingerprint density at radius 1 is 1.00 bits per heavy atom. The summed E-state index contributed by atoms with van der Waals surface area (Å²) in [6.45, 7) is 1.49. The average molecular weight is 404 g/mol. The third kappa shape index (κ3) is 5.12.